The topological polar surface area (TPSA) is 30.5 Å². The van der Waals surface area contributed by atoms with Gasteiger partial charge in [0.15, 0.2) is 0 Å². The summed E-state index contributed by atoms with van der Waals surface area (Å²) in [6, 6.07) is 0. The zero-order valence-corrected chi connectivity index (χ0v) is 11.6. The Bertz CT molecular complexity index is 151. The first kappa shape index (κ1) is 15.9. The van der Waals surface area contributed by atoms with Crippen molar-refractivity contribution in [3.05, 3.63) is 0 Å². The maximum absolute atomic E-state index is 5.24. The minimum Gasteiger partial charge on any atom is -0.384 e. The molecule has 0 aromatic carbocycles. The molecule has 16 heavy (non-hydrogen) atoms. The summed E-state index contributed by atoms with van der Waals surface area (Å²) in [4.78, 5) is 0. The third-order valence-corrected chi connectivity index (χ3v) is 2.90. The van der Waals surface area contributed by atoms with E-state index in [1.165, 1.54) is 6.42 Å². The molecule has 0 amide bonds. The van der Waals surface area contributed by atoms with Crippen molar-refractivity contribution >= 4 is 0 Å². The highest BCUT2D eigenvalue weighted by molar-refractivity contribution is 4.70. The molecule has 0 saturated carbocycles. The monoisotopic (exact) mass is 231 g/mol. The van der Waals surface area contributed by atoms with Gasteiger partial charge >= 0.3 is 0 Å². The van der Waals surface area contributed by atoms with Crippen molar-refractivity contribution in [1.82, 2.24) is 5.32 Å². The summed E-state index contributed by atoms with van der Waals surface area (Å²) in [6.45, 7) is 10.5. The van der Waals surface area contributed by atoms with E-state index < -0.39 is 0 Å². The maximum Gasteiger partial charge on any atom is 0.0587 e. The lowest BCUT2D eigenvalue weighted by atomic mass is 9.87. The third kappa shape index (κ3) is 8.08. The Labute approximate surface area is 101 Å². The molecular weight excluding hydrogens is 202 g/mol. The molecular formula is C13H29NO2. The van der Waals surface area contributed by atoms with Gasteiger partial charge in [-0.05, 0) is 30.7 Å². The normalized spacial score (nSPS) is 15.4. The second-order valence-corrected chi connectivity index (χ2v) is 5.02. The average Bonchev–Trinajstić information content (AvgIpc) is 2.22. The van der Waals surface area contributed by atoms with E-state index in [1.54, 1.807) is 14.2 Å². The van der Waals surface area contributed by atoms with E-state index in [0.717, 1.165) is 32.2 Å². The van der Waals surface area contributed by atoms with Crippen LogP contribution in [-0.2, 0) is 9.47 Å². The molecule has 98 valence electrons. The van der Waals surface area contributed by atoms with E-state index in [1.807, 2.05) is 0 Å². The molecule has 0 aromatic rings. The van der Waals surface area contributed by atoms with Crippen molar-refractivity contribution in [3.8, 4) is 0 Å². The zero-order valence-electron chi connectivity index (χ0n) is 11.6. The summed E-state index contributed by atoms with van der Waals surface area (Å²) >= 11 is 0. The van der Waals surface area contributed by atoms with Crippen LogP contribution >= 0.6 is 0 Å². The quantitative estimate of drug-likeness (QED) is 0.585. The first-order chi connectivity index (χ1) is 7.61. The second-order valence-electron chi connectivity index (χ2n) is 5.02. The highest BCUT2D eigenvalue weighted by Crippen LogP contribution is 2.20. The van der Waals surface area contributed by atoms with Crippen molar-refractivity contribution in [1.29, 1.82) is 0 Å². The number of hydrogen-bond donors (Lipinski definition) is 1. The summed E-state index contributed by atoms with van der Waals surface area (Å²) in [5.74, 6) is 2.05. The van der Waals surface area contributed by atoms with Gasteiger partial charge in [-0.3, -0.25) is 0 Å². The summed E-state index contributed by atoms with van der Waals surface area (Å²) in [5, 5.41) is 3.45. The highest BCUT2D eigenvalue weighted by atomic mass is 16.5. The molecule has 0 rings (SSSR count). The largest absolute Gasteiger partial charge is 0.384 e. The Morgan fingerprint density at radius 2 is 1.75 bits per heavy atom. The zero-order chi connectivity index (χ0) is 12.4. The van der Waals surface area contributed by atoms with Crippen molar-refractivity contribution in [2.75, 3.05) is 40.5 Å². The lowest BCUT2D eigenvalue weighted by molar-refractivity contribution is 0.119. The van der Waals surface area contributed by atoms with Crippen LogP contribution in [-0.4, -0.2) is 40.5 Å². The number of ether oxygens (including phenoxy) is 2. The third-order valence-electron chi connectivity index (χ3n) is 2.90. The minimum atomic E-state index is 0.613. The Morgan fingerprint density at radius 1 is 1.06 bits per heavy atom. The lowest BCUT2D eigenvalue weighted by Crippen LogP contribution is -2.32. The van der Waals surface area contributed by atoms with Gasteiger partial charge in [0.2, 0.25) is 0 Å². The van der Waals surface area contributed by atoms with Crippen molar-refractivity contribution in [3.63, 3.8) is 0 Å². The molecule has 0 radical (unpaired) electrons. The Kier molecular flexibility index (Phi) is 9.99. The number of nitrogens with one attached hydrogen (secondary N) is 1. The SMILES string of the molecule is COCCNCC(CC(C)C)C(C)COC. The minimum absolute atomic E-state index is 0.613. The average molecular weight is 231 g/mol. The summed E-state index contributed by atoms with van der Waals surface area (Å²) in [7, 11) is 3.52. The number of methoxy groups -OCH3 is 2. The van der Waals surface area contributed by atoms with E-state index >= 15 is 0 Å². The second kappa shape index (κ2) is 10.1. The van der Waals surface area contributed by atoms with Gasteiger partial charge in [0.25, 0.3) is 0 Å². The fourth-order valence-electron chi connectivity index (χ4n) is 1.98. The summed E-state index contributed by atoms with van der Waals surface area (Å²) in [6.07, 6.45) is 1.25. The van der Waals surface area contributed by atoms with Gasteiger partial charge in [-0.2, -0.15) is 0 Å². The molecule has 0 fully saturated rings. The molecule has 0 saturated heterocycles. The predicted octanol–water partition coefficient (Wildman–Crippen LogP) is 2.17. The smallest absolute Gasteiger partial charge is 0.0587 e. The van der Waals surface area contributed by atoms with Crippen LogP contribution in [0.4, 0.5) is 0 Å². The Morgan fingerprint density at radius 3 is 2.25 bits per heavy atom. The molecule has 0 aliphatic rings. The predicted molar refractivity (Wildman–Crippen MR) is 68.7 cm³/mol. The molecule has 1 N–H and O–H groups in total. The van der Waals surface area contributed by atoms with Gasteiger partial charge in [0, 0.05) is 27.4 Å². The molecule has 3 nitrogen and oxygen atoms in total. The first-order valence-corrected chi connectivity index (χ1v) is 6.30. The molecule has 0 bridgehead atoms. The van der Waals surface area contributed by atoms with E-state index in [2.05, 4.69) is 26.1 Å². The Hall–Kier alpha value is -0.120. The van der Waals surface area contributed by atoms with Crippen LogP contribution in [0.3, 0.4) is 0 Å². The van der Waals surface area contributed by atoms with E-state index in [9.17, 15) is 0 Å². The summed E-state index contributed by atoms with van der Waals surface area (Å²) in [5.41, 5.74) is 0. The molecule has 2 atom stereocenters. The Balaban J connectivity index is 3.89. The number of rotatable bonds is 10. The van der Waals surface area contributed by atoms with Crippen LogP contribution in [0.25, 0.3) is 0 Å². The molecule has 0 heterocycles. The fraction of sp³-hybridized carbons (Fsp3) is 1.00. The van der Waals surface area contributed by atoms with Crippen LogP contribution < -0.4 is 5.32 Å². The number of hydrogen-bond acceptors (Lipinski definition) is 3. The summed E-state index contributed by atoms with van der Waals surface area (Å²) < 4.78 is 10.3. The van der Waals surface area contributed by atoms with Crippen LogP contribution in [0, 0.1) is 17.8 Å². The van der Waals surface area contributed by atoms with Crippen LogP contribution in [0.1, 0.15) is 27.2 Å². The maximum atomic E-state index is 5.24. The van der Waals surface area contributed by atoms with Crippen LogP contribution in [0.15, 0.2) is 0 Å². The molecule has 0 aliphatic carbocycles. The molecule has 2 unspecified atom stereocenters. The van der Waals surface area contributed by atoms with Gasteiger partial charge in [0.05, 0.1) is 6.61 Å². The van der Waals surface area contributed by atoms with Gasteiger partial charge in [-0.1, -0.05) is 20.8 Å². The van der Waals surface area contributed by atoms with Gasteiger partial charge < -0.3 is 14.8 Å². The van der Waals surface area contributed by atoms with Gasteiger partial charge in [-0.25, -0.2) is 0 Å². The van der Waals surface area contributed by atoms with Crippen molar-refractivity contribution in [2.24, 2.45) is 17.8 Å². The van der Waals surface area contributed by atoms with Gasteiger partial charge in [-0.15, -0.1) is 0 Å². The lowest BCUT2D eigenvalue weighted by Gasteiger charge is -2.25. The van der Waals surface area contributed by atoms with E-state index in [0.29, 0.717) is 11.8 Å². The van der Waals surface area contributed by atoms with Crippen molar-refractivity contribution in [2.45, 2.75) is 27.2 Å². The highest BCUT2D eigenvalue weighted by Gasteiger charge is 2.18. The van der Waals surface area contributed by atoms with Crippen molar-refractivity contribution < 1.29 is 9.47 Å². The first-order valence-electron chi connectivity index (χ1n) is 6.30. The molecule has 3 heteroatoms. The van der Waals surface area contributed by atoms with Gasteiger partial charge in [0.1, 0.15) is 0 Å². The molecule has 0 aromatic heterocycles. The van der Waals surface area contributed by atoms with E-state index in [4.69, 9.17) is 9.47 Å². The standard InChI is InChI=1S/C13H29NO2/c1-11(2)8-13(12(3)10-16-5)9-14-6-7-15-4/h11-14H,6-10H2,1-5H3. The fourth-order valence-corrected chi connectivity index (χ4v) is 1.98. The molecule has 0 aliphatic heterocycles. The van der Waals surface area contributed by atoms with E-state index in [-0.39, 0.29) is 0 Å². The van der Waals surface area contributed by atoms with Crippen LogP contribution in [0.5, 0.6) is 0 Å². The molecule has 0 spiro atoms. The van der Waals surface area contributed by atoms with Crippen LogP contribution in [0.2, 0.25) is 0 Å².